The van der Waals surface area contributed by atoms with Crippen LogP contribution in [-0.2, 0) is 16.0 Å². The molecule has 0 aromatic carbocycles. The van der Waals surface area contributed by atoms with Gasteiger partial charge in [0.25, 0.3) is 0 Å². The van der Waals surface area contributed by atoms with Gasteiger partial charge >= 0.3 is 5.97 Å². The highest BCUT2D eigenvalue weighted by molar-refractivity contribution is 9.10. The first-order chi connectivity index (χ1) is 6.15. The number of ether oxygens (including phenoxy) is 1. The summed E-state index contributed by atoms with van der Waals surface area (Å²) in [6.07, 6.45) is 2.89. The third-order valence-electron chi connectivity index (χ3n) is 1.50. The fraction of sp³-hybridized carbons (Fsp3) is 0.250. The Morgan fingerprint density at radius 3 is 3.00 bits per heavy atom. The number of hydrogen-bond acceptors (Lipinski definition) is 4. The van der Waals surface area contributed by atoms with Gasteiger partial charge in [-0.15, -0.1) is 0 Å². The number of aromatic nitrogens is 1. The fourth-order valence-electron chi connectivity index (χ4n) is 0.827. The minimum Gasteiger partial charge on any atom is -0.505 e. The van der Waals surface area contributed by atoms with Crippen LogP contribution in [0.15, 0.2) is 16.9 Å². The van der Waals surface area contributed by atoms with Crippen LogP contribution >= 0.6 is 15.9 Å². The highest BCUT2D eigenvalue weighted by Crippen LogP contribution is 2.26. The van der Waals surface area contributed by atoms with E-state index in [4.69, 9.17) is 0 Å². The molecule has 1 heterocycles. The molecule has 70 valence electrons. The van der Waals surface area contributed by atoms with Gasteiger partial charge < -0.3 is 9.84 Å². The molecular formula is C8H8BrNO3. The first-order valence-electron chi connectivity index (χ1n) is 3.53. The molecule has 0 fully saturated rings. The van der Waals surface area contributed by atoms with Crippen molar-refractivity contribution in [1.29, 1.82) is 0 Å². The second-order valence-corrected chi connectivity index (χ2v) is 3.18. The number of pyridine rings is 1. The summed E-state index contributed by atoms with van der Waals surface area (Å²) >= 11 is 3.14. The van der Waals surface area contributed by atoms with E-state index in [-0.39, 0.29) is 18.1 Å². The third kappa shape index (κ3) is 2.42. The lowest BCUT2D eigenvalue weighted by molar-refractivity contribution is -0.139. The summed E-state index contributed by atoms with van der Waals surface area (Å²) in [5.74, 6) is -0.352. The highest BCUT2D eigenvalue weighted by atomic mass is 79.9. The summed E-state index contributed by atoms with van der Waals surface area (Å²) in [5, 5.41) is 9.22. The largest absolute Gasteiger partial charge is 0.505 e. The number of nitrogens with zero attached hydrogens (tertiary/aromatic N) is 1. The average Bonchev–Trinajstić information content (AvgIpc) is 2.13. The van der Waals surface area contributed by atoms with Crippen LogP contribution in [0.3, 0.4) is 0 Å². The Morgan fingerprint density at radius 2 is 2.38 bits per heavy atom. The second-order valence-electron chi connectivity index (χ2n) is 2.38. The Kier molecular flexibility index (Phi) is 3.25. The molecule has 0 atom stereocenters. The highest BCUT2D eigenvalue weighted by Gasteiger charge is 2.09. The zero-order valence-corrected chi connectivity index (χ0v) is 8.54. The fourth-order valence-corrected chi connectivity index (χ4v) is 1.17. The van der Waals surface area contributed by atoms with Crippen LogP contribution in [0.2, 0.25) is 0 Å². The lowest BCUT2D eigenvalue weighted by Gasteiger charge is -2.03. The van der Waals surface area contributed by atoms with Crippen molar-refractivity contribution in [2.75, 3.05) is 7.11 Å². The van der Waals surface area contributed by atoms with Crippen molar-refractivity contribution in [2.45, 2.75) is 6.42 Å². The summed E-state index contributed by atoms with van der Waals surface area (Å²) in [6.45, 7) is 0. The van der Waals surface area contributed by atoms with Crippen LogP contribution in [-0.4, -0.2) is 23.2 Å². The van der Waals surface area contributed by atoms with Gasteiger partial charge in [-0.25, -0.2) is 0 Å². The SMILES string of the molecule is COC(=O)Cc1cncc(O)c1Br. The van der Waals surface area contributed by atoms with E-state index in [2.05, 4.69) is 25.7 Å². The van der Waals surface area contributed by atoms with E-state index in [9.17, 15) is 9.90 Å². The standard InChI is InChI=1S/C8H8BrNO3/c1-13-7(12)2-5-3-10-4-6(11)8(5)9/h3-4,11H,2H2,1H3. The number of methoxy groups -OCH3 is 1. The quantitative estimate of drug-likeness (QED) is 0.798. The van der Waals surface area contributed by atoms with Crippen LogP contribution in [0.1, 0.15) is 5.56 Å². The van der Waals surface area contributed by atoms with Crippen molar-refractivity contribution in [1.82, 2.24) is 4.98 Å². The summed E-state index contributed by atoms with van der Waals surface area (Å²) in [6, 6.07) is 0. The van der Waals surface area contributed by atoms with Gasteiger partial charge in [0.15, 0.2) is 0 Å². The molecule has 0 unspecified atom stereocenters. The average molecular weight is 246 g/mol. The van der Waals surface area contributed by atoms with Crippen molar-refractivity contribution in [3.05, 3.63) is 22.4 Å². The van der Waals surface area contributed by atoms with Crippen LogP contribution in [0.4, 0.5) is 0 Å². The number of rotatable bonds is 2. The van der Waals surface area contributed by atoms with E-state index in [0.29, 0.717) is 10.0 Å². The Morgan fingerprint density at radius 1 is 1.69 bits per heavy atom. The number of esters is 1. The Hall–Kier alpha value is -1.10. The van der Waals surface area contributed by atoms with E-state index in [1.807, 2.05) is 0 Å². The molecule has 1 rings (SSSR count). The Bertz CT molecular complexity index is 327. The zero-order chi connectivity index (χ0) is 9.84. The molecule has 1 aromatic heterocycles. The molecule has 13 heavy (non-hydrogen) atoms. The van der Waals surface area contributed by atoms with Gasteiger partial charge in [-0.1, -0.05) is 0 Å². The molecule has 0 saturated heterocycles. The first-order valence-corrected chi connectivity index (χ1v) is 4.32. The van der Waals surface area contributed by atoms with Crippen LogP contribution in [0.5, 0.6) is 5.75 Å². The molecule has 0 radical (unpaired) electrons. The zero-order valence-electron chi connectivity index (χ0n) is 6.95. The lowest BCUT2D eigenvalue weighted by Crippen LogP contribution is -2.05. The van der Waals surface area contributed by atoms with Gasteiger partial charge in [-0.3, -0.25) is 9.78 Å². The summed E-state index contributed by atoms with van der Waals surface area (Å²) in [7, 11) is 1.31. The number of hydrogen-bond donors (Lipinski definition) is 1. The number of aromatic hydroxyl groups is 1. The van der Waals surface area contributed by atoms with E-state index in [1.165, 1.54) is 19.5 Å². The molecule has 0 aliphatic carbocycles. The van der Waals surface area contributed by atoms with E-state index >= 15 is 0 Å². The second kappa shape index (κ2) is 4.23. The maximum atomic E-state index is 10.9. The Balaban J connectivity index is 2.89. The molecular weight excluding hydrogens is 238 g/mol. The van der Waals surface area contributed by atoms with Crippen molar-refractivity contribution in [2.24, 2.45) is 0 Å². The first kappa shape index (κ1) is 9.98. The van der Waals surface area contributed by atoms with Crippen LogP contribution in [0, 0.1) is 0 Å². The molecule has 1 N–H and O–H groups in total. The maximum absolute atomic E-state index is 10.9. The van der Waals surface area contributed by atoms with Gasteiger partial charge in [0.05, 0.1) is 24.2 Å². The maximum Gasteiger partial charge on any atom is 0.310 e. The van der Waals surface area contributed by atoms with Gasteiger partial charge in [-0.05, 0) is 21.5 Å². The van der Waals surface area contributed by atoms with Crippen molar-refractivity contribution < 1.29 is 14.6 Å². The van der Waals surface area contributed by atoms with Crippen molar-refractivity contribution in [3.63, 3.8) is 0 Å². The van der Waals surface area contributed by atoms with Gasteiger partial charge in [0.1, 0.15) is 5.75 Å². The predicted molar refractivity (Wildman–Crippen MR) is 49.3 cm³/mol. The summed E-state index contributed by atoms with van der Waals surface area (Å²) in [5.41, 5.74) is 0.604. The Labute approximate surface area is 83.7 Å². The number of halogens is 1. The van der Waals surface area contributed by atoms with E-state index < -0.39 is 0 Å². The predicted octanol–water partition coefficient (Wildman–Crippen LogP) is 1.27. The van der Waals surface area contributed by atoms with Crippen LogP contribution < -0.4 is 0 Å². The minimum atomic E-state index is -0.367. The summed E-state index contributed by atoms with van der Waals surface area (Å²) in [4.78, 5) is 14.6. The number of carbonyl (C=O) groups excluding carboxylic acids is 1. The van der Waals surface area contributed by atoms with Gasteiger partial charge in [-0.2, -0.15) is 0 Å². The van der Waals surface area contributed by atoms with Gasteiger partial charge in [0.2, 0.25) is 0 Å². The van der Waals surface area contributed by atoms with E-state index in [1.54, 1.807) is 0 Å². The minimum absolute atomic E-state index is 0.0152. The molecule has 0 bridgehead atoms. The number of carbonyl (C=O) groups is 1. The molecule has 4 nitrogen and oxygen atoms in total. The smallest absolute Gasteiger partial charge is 0.310 e. The molecule has 0 amide bonds. The van der Waals surface area contributed by atoms with Gasteiger partial charge in [0, 0.05) is 6.20 Å². The third-order valence-corrected chi connectivity index (χ3v) is 2.41. The molecule has 0 saturated carbocycles. The molecule has 5 heteroatoms. The lowest BCUT2D eigenvalue weighted by atomic mass is 10.2. The van der Waals surface area contributed by atoms with Crippen molar-refractivity contribution >= 4 is 21.9 Å². The molecule has 0 aliphatic rings. The molecule has 0 aliphatic heterocycles. The molecule has 1 aromatic rings. The molecule has 0 spiro atoms. The summed E-state index contributed by atoms with van der Waals surface area (Å²) < 4.78 is 4.96. The monoisotopic (exact) mass is 245 g/mol. The normalized spacial score (nSPS) is 9.69. The van der Waals surface area contributed by atoms with Crippen molar-refractivity contribution in [3.8, 4) is 5.75 Å². The van der Waals surface area contributed by atoms with Crippen LogP contribution in [0.25, 0.3) is 0 Å². The van der Waals surface area contributed by atoms with E-state index in [0.717, 1.165) is 0 Å². The topological polar surface area (TPSA) is 59.4 Å².